The molecule has 1 heterocycles. The van der Waals surface area contributed by atoms with Crippen LogP contribution in [0.3, 0.4) is 0 Å². The second-order valence-electron chi connectivity index (χ2n) is 3.41. The van der Waals surface area contributed by atoms with Gasteiger partial charge in [0.2, 0.25) is 0 Å². The third kappa shape index (κ3) is 2.43. The van der Waals surface area contributed by atoms with Crippen LogP contribution in [0, 0.1) is 0 Å². The van der Waals surface area contributed by atoms with Crippen molar-refractivity contribution < 1.29 is 5.11 Å². The molecule has 3 heteroatoms. The standard InChI is InChI=1S/C8H18N2O/c1-7-3-4-9-8(6-11)5-10(7)2/h7-9,11H,3-6H2,1-2H3. The number of likely N-dealkylation sites (N-methyl/N-ethyl adjacent to an activating group) is 1. The van der Waals surface area contributed by atoms with E-state index in [1.807, 2.05) is 0 Å². The second kappa shape index (κ2) is 4.04. The fourth-order valence-corrected chi connectivity index (χ4v) is 1.43. The maximum absolute atomic E-state index is 8.93. The maximum Gasteiger partial charge on any atom is 0.0597 e. The molecule has 0 saturated carbocycles. The van der Waals surface area contributed by atoms with Crippen LogP contribution in [0.15, 0.2) is 0 Å². The molecule has 0 amide bonds. The van der Waals surface area contributed by atoms with Gasteiger partial charge < -0.3 is 15.3 Å². The highest BCUT2D eigenvalue weighted by Crippen LogP contribution is 2.05. The van der Waals surface area contributed by atoms with Crippen LogP contribution in [-0.4, -0.2) is 48.8 Å². The summed E-state index contributed by atoms with van der Waals surface area (Å²) in [6, 6.07) is 0.906. The number of aliphatic hydroxyl groups excluding tert-OH is 1. The summed E-state index contributed by atoms with van der Waals surface area (Å²) in [6.45, 7) is 4.45. The summed E-state index contributed by atoms with van der Waals surface area (Å²) in [5, 5.41) is 12.2. The summed E-state index contributed by atoms with van der Waals surface area (Å²) in [5.74, 6) is 0. The first-order chi connectivity index (χ1) is 5.24. The van der Waals surface area contributed by atoms with Crippen molar-refractivity contribution in [3.05, 3.63) is 0 Å². The molecule has 0 spiro atoms. The van der Waals surface area contributed by atoms with Gasteiger partial charge in [-0.3, -0.25) is 0 Å². The highest BCUT2D eigenvalue weighted by atomic mass is 16.3. The highest BCUT2D eigenvalue weighted by molar-refractivity contribution is 4.77. The van der Waals surface area contributed by atoms with Crippen LogP contribution in [0.4, 0.5) is 0 Å². The van der Waals surface area contributed by atoms with Gasteiger partial charge in [0.25, 0.3) is 0 Å². The maximum atomic E-state index is 8.93. The molecule has 0 aromatic carbocycles. The summed E-state index contributed by atoms with van der Waals surface area (Å²) in [6.07, 6.45) is 1.17. The van der Waals surface area contributed by atoms with Crippen LogP contribution in [0.1, 0.15) is 13.3 Å². The van der Waals surface area contributed by atoms with Gasteiger partial charge in [0.05, 0.1) is 6.61 Å². The lowest BCUT2D eigenvalue weighted by Gasteiger charge is -2.23. The van der Waals surface area contributed by atoms with Gasteiger partial charge in [-0.1, -0.05) is 0 Å². The van der Waals surface area contributed by atoms with Crippen LogP contribution in [0.5, 0.6) is 0 Å². The van der Waals surface area contributed by atoms with E-state index in [-0.39, 0.29) is 12.6 Å². The molecule has 66 valence electrons. The molecule has 1 saturated heterocycles. The zero-order valence-electron chi connectivity index (χ0n) is 7.38. The second-order valence-corrected chi connectivity index (χ2v) is 3.41. The Labute approximate surface area is 68.4 Å². The minimum atomic E-state index is 0.247. The van der Waals surface area contributed by atoms with Crippen molar-refractivity contribution in [3.8, 4) is 0 Å². The van der Waals surface area contributed by atoms with E-state index in [4.69, 9.17) is 5.11 Å². The minimum Gasteiger partial charge on any atom is -0.395 e. The number of nitrogens with one attached hydrogen (secondary N) is 1. The van der Waals surface area contributed by atoms with Gasteiger partial charge in [-0.15, -0.1) is 0 Å². The molecular formula is C8H18N2O. The van der Waals surface area contributed by atoms with Gasteiger partial charge in [-0.05, 0) is 26.9 Å². The van der Waals surface area contributed by atoms with Gasteiger partial charge in [0.15, 0.2) is 0 Å². The fraction of sp³-hybridized carbons (Fsp3) is 1.00. The molecule has 1 aliphatic heterocycles. The third-order valence-corrected chi connectivity index (χ3v) is 2.48. The molecule has 2 atom stereocenters. The molecule has 2 unspecified atom stereocenters. The SMILES string of the molecule is CC1CCNC(CO)CN1C. The van der Waals surface area contributed by atoms with Crippen LogP contribution < -0.4 is 5.32 Å². The van der Waals surface area contributed by atoms with E-state index < -0.39 is 0 Å². The highest BCUT2D eigenvalue weighted by Gasteiger charge is 2.18. The van der Waals surface area contributed by atoms with Crippen molar-refractivity contribution in [2.45, 2.75) is 25.4 Å². The first kappa shape index (κ1) is 8.97. The van der Waals surface area contributed by atoms with Crippen molar-refractivity contribution in [1.29, 1.82) is 0 Å². The van der Waals surface area contributed by atoms with Crippen LogP contribution in [0.2, 0.25) is 0 Å². The molecular weight excluding hydrogens is 140 g/mol. The molecule has 11 heavy (non-hydrogen) atoms. The van der Waals surface area contributed by atoms with Crippen LogP contribution >= 0.6 is 0 Å². The molecule has 0 aliphatic carbocycles. The molecule has 0 aromatic rings. The van der Waals surface area contributed by atoms with Crippen LogP contribution in [0.25, 0.3) is 0 Å². The monoisotopic (exact) mass is 158 g/mol. The topological polar surface area (TPSA) is 35.5 Å². The number of hydrogen-bond acceptors (Lipinski definition) is 3. The van der Waals surface area contributed by atoms with Crippen molar-refractivity contribution in [3.63, 3.8) is 0 Å². The fourth-order valence-electron chi connectivity index (χ4n) is 1.43. The molecule has 1 fully saturated rings. The van der Waals surface area contributed by atoms with Crippen molar-refractivity contribution in [2.24, 2.45) is 0 Å². The normalized spacial score (nSPS) is 35.2. The zero-order chi connectivity index (χ0) is 8.27. The van der Waals surface area contributed by atoms with Gasteiger partial charge in [-0.25, -0.2) is 0 Å². The molecule has 3 nitrogen and oxygen atoms in total. The number of hydrogen-bond donors (Lipinski definition) is 2. The Morgan fingerprint density at radius 1 is 1.64 bits per heavy atom. The molecule has 2 N–H and O–H groups in total. The van der Waals surface area contributed by atoms with E-state index in [9.17, 15) is 0 Å². The molecule has 1 aliphatic rings. The van der Waals surface area contributed by atoms with Crippen LogP contribution in [-0.2, 0) is 0 Å². The van der Waals surface area contributed by atoms with Gasteiger partial charge in [0.1, 0.15) is 0 Å². The van der Waals surface area contributed by atoms with E-state index in [1.54, 1.807) is 0 Å². The molecule has 0 bridgehead atoms. The summed E-state index contributed by atoms with van der Waals surface area (Å²) >= 11 is 0. The predicted molar refractivity (Wildman–Crippen MR) is 45.6 cm³/mol. The van der Waals surface area contributed by atoms with Gasteiger partial charge in [0, 0.05) is 18.6 Å². The summed E-state index contributed by atoms with van der Waals surface area (Å²) in [5.41, 5.74) is 0. The average molecular weight is 158 g/mol. The van der Waals surface area contributed by atoms with Gasteiger partial charge >= 0.3 is 0 Å². The van der Waals surface area contributed by atoms with Crippen molar-refractivity contribution in [2.75, 3.05) is 26.7 Å². The number of rotatable bonds is 1. The smallest absolute Gasteiger partial charge is 0.0597 e. The minimum absolute atomic E-state index is 0.247. The van der Waals surface area contributed by atoms with E-state index in [0.29, 0.717) is 6.04 Å². The summed E-state index contributed by atoms with van der Waals surface area (Å²) in [4.78, 5) is 2.29. The van der Waals surface area contributed by atoms with Gasteiger partial charge in [-0.2, -0.15) is 0 Å². The Hall–Kier alpha value is -0.120. The Kier molecular flexibility index (Phi) is 3.30. The lowest BCUT2D eigenvalue weighted by molar-refractivity contribution is 0.197. The predicted octanol–water partition coefficient (Wildman–Crippen LogP) is -0.339. The summed E-state index contributed by atoms with van der Waals surface area (Å²) in [7, 11) is 2.11. The largest absolute Gasteiger partial charge is 0.395 e. The first-order valence-corrected chi connectivity index (χ1v) is 4.28. The quantitative estimate of drug-likeness (QED) is 0.548. The number of aliphatic hydroxyl groups is 1. The Morgan fingerprint density at radius 2 is 2.36 bits per heavy atom. The Bertz CT molecular complexity index is 119. The van der Waals surface area contributed by atoms with E-state index in [2.05, 4.69) is 24.2 Å². The lowest BCUT2D eigenvalue weighted by Crippen LogP contribution is -2.40. The summed E-state index contributed by atoms with van der Waals surface area (Å²) < 4.78 is 0. The Balaban J connectivity index is 2.41. The van der Waals surface area contributed by atoms with Crippen molar-refractivity contribution >= 4 is 0 Å². The van der Waals surface area contributed by atoms with Crippen molar-refractivity contribution in [1.82, 2.24) is 10.2 Å². The van der Waals surface area contributed by atoms with E-state index >= 15 is 0 Å². The molecule has 1 rings (SSSR count). The average Bonchev–Trinajstić information content (AvgIpc) is 2.15. The van der Waals surface area contributed by atoms with E-state index in [0.717, 1.165) is 13.1 Å². The zero-order valence-corrected chi connectivity index (χ0v) is 7.38. The Morgan fingerprint density at radius 3 is 3.00 bits per heavy atom. The molecule has 0 radical (unpaired) electrons. The lowest BCUT2D eigenvalue weighted by atomic mass is 10.2. The molecule has 0 aromatic heterocycles. The third-order valence-electron chi connectivity index (χ3n) is 2.48. The number of nitrogens with zero attached hydrogens (tertiary/aromatic N) is 1. The first-order valence-electron chi connectivity index (χ1n) is 4.28. The van der Waals surface area contributed by atoms with E-state index in [1.165, 1.54) is 6.42 Å².